The number of nitrogens with one attached hydrogen (secondary N) is 3. The van der Waals surface area contributed by atoms with Crippen molar-refractivity contribution in [3.05, 3.63) is 94.5 Å². The summed E-state index contributed by atoms with van der Waals surface area (Å²) >= 11 is 5.80. The maximum absolute atomic E-state index is 13.6. The van der Waals surface area contributed by atoms with Gasteiger partial charge in [0.05, 0.1) is 33.4 Å². The summed E-state index contributed by atoms with van der Waals surface area (Å²) < 4.78 is 68.9. The Bertz CT molecular complexity index is 1690. The van der Waals surface area contributed by atoms with Gasteiger partial charge >= 0.3 is 0 Å². The molecule has 3 N–H and O–H groups in total. The van der Waals surface area contributed by atoms with E-state index in [0.717, 1.165) is 18.2 Å². The fraction of sp³-hybridized carbons (Fsp3) is 0.167. The van der Waals surface area contributed by atoms with Gasteiger partial charge in [-0.3, -0.25) is 9.52 Å². The largest absolute Gasteiger partial charge is 0.341 e. The Hall–Kier alpha value is -3.32. The number of benzene rings is 3. The van der Waals surface area contributed by atoms with Gasteiger partial charge in [0.15, 0.2) is 0 Å². The summed E-state index contributed by atoms with van der Waals surface area (Å²) in [6.45, 7) is 0. The topological polar surface area (TPSA) is 138 Å². The zero-order chi connectivity index (χ0) is 26.4. The summed E-state index contributed by atoms with van der Waals surface area (Å²) in [6, 6.07) is 16.0. The number of hydrogen-bond acceptors (Lipinski definition) is 6. The Labute approximate surface area is 217 Å². The van der Waals surface area contributed by atoms with E-state index in [9.17, 15) is 26.0 Å². The fourth-order valence-corrected chi connectivity index (χ4v) is 7.08. The quantitative estimate of drug-likeness (QED) is 0.315. The van der Waals surface area contributed by atoms with Crippen molar-refractivity contribution in [2.24, 2.45) is 0 Å². The van der Waals surface area contributed by atoms with Crippen LogP contribution in [0.3, 0.4) is 0 Å². The van der Waals surface area contributed by atoms with Crippen LogP contribution in [0.1, 0.15) is 34.7 Å². The molecule has 1 aliphatic rings. The van der Waals surface area contributed by atoms with Crippen molar-refractivity contribution in [1.29, 1.82) is 0 Å². The van der Waals surface area contributed by atoms with Gasteiger partial charge in [-0.05, 0) is 47.9 Å². The van der Waals surface area contributed by atoms with Gasteiger partial charge in [0, 0.05) is 0 Å². The molecule has 3 aromatic carbocycles. The molecule has 13 heteroatoms. The lowest BCUT2D eigenvalue weighted by molar-refractivity contribution is -0.118. The predicted octanol–water partition coefficient (Wildman–Crippen LogP) is 3.51. The number of hydrogen-bond donors (Lipinski definition) is 3. The minimum atomic E-state index is -4.13. The van der Waals surface area contributed by atoms with E-state index in [2.05, 4.69) is 14.7 Å². The number of amides is 1. The molecule has 0 aliphatic carbocycles. The zero-order valence-electron chi connectivity index (χ0n) is 19.0. The Morgan fingerprint density at radius 1 is 1.11 bits per heavy atom. The standard InChI is InChI=1S/C24H20ClFN4O5S2/c25-17-12-16(9-10-18(17)26)36(32,33)29-21(24-27-19-3-1-2-4-20(19)28-24)11-14-5-7-15(8-6-14)22-13-23(31)30-37(22,34)35/h1-10,12,21-22,29H,11,13H2,(H,27,28)(H,30,31)/t21-,22?/m0/s1. The van der Waals surface area contributed by atoms with Crippen LogP contribution >= 0.6 is 11.6 Å². The zero-order valence-corrected chi connectivity index (χ0v) is 21.4. The number of aromatic amines is 1. The second-order valence-corrected chi connectivity index (χ2v) is 12.6. The maximum atomic E-state index is 13.6. The summed E-state index contributed by atoms with van der Waals surface area (Å²) in [6.07, 6.45) is -0.00776. The van der Waals surface area contributed by atoms with Gasteiger partial charge in [0.1, 0.15) is 16.9 Å². The SMILES string of the molecule is O=C1CC(c2ccc(C[C@H](NS(=O)(=O)c3ccc(F)c(Cl)c3)c3nc4ccccc4[nH]3)cc2)S(=O)(=O)N1. The van der Waals surface area contributed by atoms with Crippen molar-refractivity contribution in [3.63, 3.8) is 0 Å². The van der Waals surface area contributed by atoms with Crippen LogP contribution in [0.4, 0.5) is 4.39 Å². The second kappa shape index (κ2) is 9.53. The van der Waals surface area contributed by atoms with Gasteiger partial charge < -0.3 is 4.98 Å². The normalized spacial score (nSPS) is 18.1. The molecular formula is C24H20ClFN4O5S2. The molecule has 0 radical (unpaired) electrons. The van der Waals surface area contributed by atoms with Crippen LogP contribution < -0.4 is 9.44 Å². The Morgan fingerprint density at radius 3 is 2.49 bits per heavy atom. The van der Waals surface area contributed by atoms with Crippen molar-refractivity contribution in [1.82, 2.24) is 19.4 Å². The predicted molar refractivity (Wildman–Crippen MR) is 135 cm³/mol. The molecule has 4 aromatic rings. The lowest BCUT2D eigenvalue weighted by atomic mass is 10.0. The number of H-pyrrole nitrogens is 1. The first-order valence-corrected chi connectivity index (χ1v) is 14.5. The molecule has 0 bridgehead atoms. The summed E-state index contributed by atoms with van der Waals surface area (Å²) in [7, 11) is -7.92. The Kier molecular flexibility index (Phi) is 6.52. The van der Waals surface area contributed by atoms with E-state index < -0.39 is 43.1 Å². The number of imidazole rings is 1. The number of para-hydroxylation sites is 2. The lowest BCUT2D eigenvalue weighted by Crippen LogP contribution is -2.31. The van der Waals surface area contributed by atoms with E-state index in [1.165, 1.54) is 0 Å². The van der Waals surface area contributed by atoms with Crippen LogP contribution in [-0.4, -0.2) is 32.7 Å². The Morgan fingerprint density at radius 2 is 1.84 bits per heavy atom. The minimum absolute atomic E-state index is 0.156. The van der Waals surface area contributed by atoms with Crippen molar-refractivity contribution in [3.8, 4) is 0 Å². The van der Waals surface area contributed by atoms with Crippen molar-refractivity contribution in [2.75, 3.05) is 0 Å². The molecule has 1 amide bonds. The number of sulfonamides is 2. The van der Waals surface area contributed by atoms with E-state index >= 15 is 0 Å². The van der Waals surface area contributed by atoms with Gasteiger partial charge in [-0.2, -0.15) is 0 Å². The van der Waals surface area contributed by atoms with Crippen molar-refractivity contribution in [2.45, 2.75) is 29.0 Å². The second-order valence-electron chi connectivity index (χ2n) is 8.60. The van der Waals surface area contributed by atoms with Gasteiger partial charge in [0.2, 0.25) is 26.0 Å². The van der Waals surface area contributed by atoms with Crippen LogP contribution in [0.2, 0.25) is 5.02 Å². The highest BCUT2D eigenvalue weighted by atomic mass is 35.5. The van der Waals surface area contributed by atoms with E-state index in [-0.39, 0.29) is 22.8 Å². The summed E-state index contributed by atoms with van der Waals surface area (Å²) in [5, 5.41) is -1.31. The van der Waals surface area contributed by atoms with E-state index in [1.807, 2.05) is 22.9 Å². The van der Waals surface area contributed by atoms with E-state index in [4.69, 9.17) is 11.6 Å². The number of carbonyl (C=O) groups is 1. The van der Waals surface area contributed by atoms with Crippen LogP contribution in [-0.2, 0) is 31.3 Å². The molecule has 1 unspecified atom stereocenters. The van der Waals surface area contributed by atoms with Crippen molar-refractivity contribution < 1.29 is 26.0 Å². The molecular weight excluding hydrogens is 543 g/mol. The highest BCUT2D eigenvalue weighted by Crippen LogP contribution is 2.31. The molecule has 37 heavy (non-hydrogen) atoms. The van der Waals surface area contributed by atoms with Gasteiger partial charge in [-0.15, -0.1) is 0 Å². The van der Waals surface area contributed by atoms with Crippen LogP contribution in [0, 0.1) is 5.82 Å². The van der Waals surface area contributed by atoms with Gasteiger partial charge in [-0.25, -0.2) is 30.9 Å². The first-order valence-electron chi connectivity index (χ1n) is 11.1. The van der Waals surface area contributed by atoms with Crippen LogP contribution in [0.15, 0.2) is 71.6 Å². The summed E-state index contributed by atoms with van der Waals surface area (Å²) in [5.41, 5.74) is 2.49. The smallest absolute Gasteiger partial charge is 0.242 e. The number of carbonyl (C=O) groups excluding carboxylic acids is 1. The monoisotopic (exact) mass is 562 g/mol. The molecule has 2 heterocycles. The lowest BCUT2D eigenvalue weighted by Gasteiger charge is -2.18. The highest BCUT2D eigenvalue weighted by molar-refractivity contribution is 7.90. The number of rotatable bonds is 7. The van der Waals surface area contributed by atoms with Crippen LogP contribution in [0.5, 0.6) is 0 Å². The minimum Gasteiger partial charge on any atom is -0.341 e. The third-order valence-electron chi connectivity index (χ3n) is 6.03. The molecule has 1 saturated heterocycles. The fourth-order valence-electron chi connectivity index (χ4n) is 4.18. The molecule has 1 aliphatic heterocycles. The molecule has 1 fully saturated rings. The van der Waals surface area contributed by atoms with E-state index in [0.29, 0.717) is 28.0 Å². The first-order chi connectivity index (χ1) is 17.5. The number of aromatic nitrogens is 2. The van der Waals surface area contributed by atoms with Crippen molar-refractivity contribution >= 4 is 48.6 Å². The third-order valence-corrected chi connectivity index (χ3v) is 9.49. The molecule has 2 atom stereocenters. The highest BCUT2D eigenvalue weighted by Gasteiger charge is 2.37. The molecule has 0 saturated carbocycles. The van der Waals surface area contributed by atoms with E-state index in [1.54, 1.807) is 30.3 Å². The average Bonchev–Trinajstić information content (AvgIpc) is 3.40. The average molecular weight is 563 g/mol. The molecule has 5 rings (SSSR count). The Balaban J connectivity index is 1.47. The maximum Gasteiger partial charge on any atom is 0.242 e. The molecule has 192 valence electrons. The summed E-state index contributed by atoms with van der Waals surface area (Å²) in [5.74, 6) is -0.944. The molecule has 0 spiro atoms. The third kappa shape index (κ3) is 5.23. The summed E-state index contributed by atoms with van der Waals surface area (Å²) in [4.78, 5) is 19.0. The van der Waals surface area contributed by atoms with Gasteiger partial charge in [-0.1, -0.05) is 48.0 Å². The number of fused-ring (bicyclic) bond motifs is 1. The first kappa shape index (κ1) is 25.3. The molecule has 1 aromatic heterocycles. The molecule has 9 nitrogen and oxygen atoms in total. The number of nitrogens with zero attached hydrogens (tertiary/aromatic N) is 1. The number of halogens is 2. The van der Waals surface area contributed by atoms with Crippen LogP contribution in [0.25, 0.3) is 11.0 Å². The van der Waals surface area contributed by atoms with Gasteiger partial charge in [0.25, 0.3) is 0 Å².